The van der Waals surface area contributed by atoms with Gasteiger partial charge >= 0.3 is 0 Å². The van der Waals surface area contributed by atoms with Gasteiger partial charge in [-0.25, -0.2) is 4.98 Å². The second kappa shape index (κ2) is 8.37. The van der Waals surface area contributed by atoms with Crippen LogP contribution in [-0.2, 0) is 0 Å². The van der Waals surface area contributed by atoms with Gasteiger partial charge in [0.1, 0.15) is 0 Å². The molecule has 0 saturated heterocycles. The van der Waals surface area contributed by atoms with Crippen molar-refractivity contribution in [3.05, 3.63) is 10.6 Å². The molecule has 0 aliphatic heterocycles. The average molecular weight is 297 g/mol. The fourth-order valence-corrected chi connectivity index (χ4v) is 3.15. The number of hydrogen-bond donors (Lipinski definition) is 0. The zero-order valence-corrected chi connectivity index (χ0v) is 14.2. The summed E-state index contributed by atoms with van der Waals surface area (Å²) in [4.78, 5) is 21.2. The van der Waals surface area contributed by atoms with Gasteiger partial charge in [0.2, 0.25) is 0 Å². The minimum Gasteiger partial charge on any atom is -0.348 e. The number of aldehydes is 1. The lowest BCUT2D eigenvalue weighted by atomic mass is 10.0. The number of anilines is 1. The Balaban J connectivity index is 2.82. The highest BCUT2D eigenvalue weighted by Crippen LogP contribution is 2.31. The maximum absolute atomic E-state index is 11.2. The van der Waals surface area contributed by atoms with E-state index < -0.39 is 0 Å². The van der Waals surface area contributed by atoms with E-state index in [1.807, 2.05) is 0 Å². The van der Waals surface area contributed by atoms with E-state index in [1.54, 1.807) is 0 Å². The molecule has 1 unspecified atom stereocenters. The smallest absolute Gasteiger partial charge is 0.186 e. The van der Waals surface area contributed by atoms with Gasteiger partial charge in [0.15, 0.2) is 11.4 Å². The molecular formula is C15H27N3OS. The van der Waals surface area contributed by atoms with Crippen LogP contribution < -0.4 is 4.90 Å². The van der Waals surface area contributed by atoms with Gasteiger partial charge in [0.25, 0.3) is 0 Å². The summed E-state index contributed by atoms with van der Waals surface area (Å²) >= 11 is 1.53. The fourth-order valence-electron chi connectivity index (χ4n) is 2.06. The molecule has 4 nitrogen and oxygen atoms in total. The summed E-state index contributed by atoms with van der Waals surface area (Å²) in [5.41, 5.74) is 0.966. The van der Waals surface area contributed by atoms with Crippen LogP contribution in [0.5, 0.6) is 0 Å². The summed E-state index contributed by atoms with van der Waals surface area (Å²) < 4.78 is 0. The van der Waals surface area contributed by atoms with Crippen molar-refractivity contribution in [2.75, 3.05) is 38.6 Å². The lowest BCUT2D eigenvalue weighted by molar-refractivity contribution is 0.112. The third kappa shape index (κ3) is 4.56. The normalized spacial score (nSPS) is 12.7. The predicted octanol–water partition coefficient (Wildman–Crippen LogP) is 3.25. The van der Waals surface area contributed by atoms with Gasteiger partial charge in [-0.05, 0) is 46.3 Å². The molecule has 0 N–H and O–H groups in total. The van der Waals surface area contributed by atoms with E-state index in [1.165, 1.54) is 11.3 Å². The molecule has 5 heteroatoms. The molecule has 0 radical (unpaired) electrons. The monoisotopic (exact) mass is 297 g/mol. The van der Waals surface area contributed by atoms with Crippen LogP contribution in [0.1, 0.15) is 54.9 Å². The molecule has 0 fully saturated rings. The summed E-state index contributed by atoms with van der Waals surface area (Å²) in [6.07, 6.45) is 3.07. The zero-order chi connectivity index (χ0) is 15.1. The number of aromatic nitrogens is 1. The first kappa shape index (κ1) is 17.1. The molecule has 0 aliphatic carbocycles. The minimum atomic E-state index is 0.348. The molecule has 0 saturated carbocycles. The van der Waals surface area contributed by atoms with Gasteiger partial charge in [-0.1, -0.05) is 25.2 Å². The number of nitrogens with zero attached hydrogens (tertiary/aromatic N) is 3. The SMILES string of the molecule is CCC(C)c1nc(N(CC)CCCN(C)C)sc1C=O. The predicted molar refractivity (Wildman–Crippen MR) is 87.3 cm³/mol. The van der Waals surface area contributed by atoms with Crippen molar-refractivity contribution in [1.29, 1.82) is 0 Å². The van der Waals surface area contributed by atoms with E-state index >= 15 is 0 Å². The van der Waals surface area contributed by atoms with Gasteiger partial charge in [0.05, 0.1) is 10.6 Å². The Kier molecular flexibility index (Phi) is 7.16. The van der Waals surface area contributed by atoms with Crippen molar-refractivity contribution in [3.63, 3.8) is 0 Å². The van der Waals surface area contributed by atoms with Crippen LogP contribution in [0.2, 0.25) is 0 Å². The molecule has 1 heterocycles. The highest BCUT2D eigenvalue weighted by atomic mass is 32.1. The highest BCUT2D eigenvalue weighted by Gasteiger charge is 2.18. The van der Waals surface area contributed by atoms with Gasteiger partial charge in [0, 0.05) is 13.1 Å². The number of carbonyl (C=O) groups is 1. The van der Waals surface area contributed by atoms with E-state index in [4.69, 9.17) is 4.98 Å². The van der Waals surface area contributed by atoms with Gasteiger partial charge < -0.3 is 9.80 Å². The Hall–Kier alpha value is -0.940. The van der Waals surface area contributed by atoms with Crippen LogP contribution in [-0.4, -0.2) is 49.9 Å². The number of carbonyl (C=O) groups excluding carboxylic acids is 1. The Morgan fingerprint density at radius 2 is 2.00 bits per heavy atom. The lowest BCUT2D eigenvalue weighted by Crippen LogP contribution is -2.26. The summed E-state index contributed by atoms with van der Waals surface area (Å²) in [5.74, 6) is 0.348. The second-order valence-electron chi connectivity index (χ2n) is 5.41. The molecule has 1 atom stereocenters. The molecule has 0 aromatic carbocycles. The van der Waals surface area contributed by atoms with Crippen molar-refractivity contribution < 1.29 is 4.79 Å². The van der Waals surface area contributed by atoms with Crippen molar-refractivity contribution >= 4 is 22.8 Å². The molecule has 0 bridgehead atoms. The summed E-state index contributed by atoms with van der Waals surface area (Å²) in [5, 5.41) is 0.989. The van der Waals surface area contributed by atoms with E-state index in [2.05, 4.69) is 44.7 Å². The Morgan fingerprint density at radius 1 is 1.30 bits per heavy atom. The van der Waals surface area contributed by atoms with Crippen LogP contribution >= 0.6 is 11.3 Å². The first-order valence-electron chi connectivity index (χ1n) is 7.39. The standard InChI is InChI=1S/C15H27N3OS/c1-6-12(3)14-13(11-19)20-15(16-14)18(7-2)10-8-9-17(4)5/h11-12H,6-10H2,1-5H3. The first-order valence-corrected chi connectivity index (χ1v) is 8.20. The lowest BCUT2D eigenvalue weighted by Gasteiger charge is -2.20. The maximum Gasteiger partial charge on any atom is 0.186 e. The number of thiazole rings is 1. The third-order valence-electron chi connectivity index (χ3n) is 3.54. The van der Waals surface area contributed by atoms with Gasteiger partial charge in [-0.2, -0.15) is 0 Å². The minimum absolute atomic E-state index is 0.348. The second-order valence-corrected chi connectivity index (χ2v) is 6.42. The summed E-state index contributed by atoms with van der Waals surface area (Å²) in [6.45, 7) is 9.39. The van der Waals surface area contributed by atoms with Crippen molar-refractivity contribution in [2.24, 2.45) is 0 Å². The van der Waals surface area contributed by atoms with Gasteiger partial charge in [-0.15, -0.1) is 0 Å². The molecule has 0 amide bonds. The molecule has 20 heavy (non-hydrogen) atoms. The van der Waals surface area contributed by atoms with Gasteiger partial charge in [-0.3, -0.25) is 4.79 Å². The summed E-state index contributed by atoms with van der Waals surface area (Å²) in [6, 6.07) is 0. The molecule has 0 aliphatic rings. The van der Waals surface area contributed by atoms with E-state index in [9.17, 15) is 4.79 Å². The fraction of sp³-hybridized carbons (Fsp3) is 0.733. The van der Waals surface area contributed by atoms with Crippen LogP contribution in [0.15, 0.2) is 0 Å². The zero-order valence-electron chi connectivity index (χ0n) is 13.3. The summed E-state index contributed by atoms with van der Waals surface area (Å²) in [7, 11) is 4.18. The molecule has 1 rings (SSSR count). The molecule has 1 aromatic heterocycles. The molecule has 1 aromatic rings. The van der Waals surface area contributed by atoms with Crippen LogP contribution in [0.3, 0.4) is 0 Å². The maximum atomic E-state index is 11.2. The largest absolute Gasteiger partial charge is 0.348 e. The number of rotatable bonds is 9. The first-order chi connectivity index (χ1) is 9.53. The Morgan fingerprint density at radius 3 is 2.50 bits per heavy atom. The quantitative estimate of drug-likeness (QED) is 0.656. The topological polar surface area (TPSA) is 36.4 Å². The van der Waals surface area contributed by atoms with Crippen molar-refractivity contribution in [1.82, 2.24) is 9.88 Å². The highest BCUT2D eigenvalue weighted by molar-refractivity contribution is 7.17. The Labute approximate surface area is 126 Å². The molecule has 0 spiro atoms. The van der Waals surface area contributed by atoms with Crippen molar-refractivity contribution in [3.8, 4) is 0 Å². The van der Waals surface area contributed by atoms with Crippen molar-refractivity contribution in [2.45, 2.75) is 39.5 Å². The average Bonchev–Trinajstić information content (AvgIpc) is 2.86. The third-order valence-corrected chi connectivity index (χ3v) is 4.60. The Bertz CT molecular complexity index is 417. The van der Waals surface area contributed by atoms with E-state index in [0.29, 0.717) is 5.92 Å². The van der Waals surface area contributed by atoms with Crippen LogP contribution in [0.25, 0.3) is 0 Å². The molecule has 114 valence electrons. The van der Waals surface area contributed by atoms with E-state index in [-0.39, 0.29) is 0 Å². The van der Waals surface area contributed by atoms with E-state index in [0.717, 1.165) is 54.5 Å². The number of hydrogen-bond acceptors (Lipinski definition) is 5. The molecular weight excluding hydrogens is 270 g/mol. The van der Waals surface area contributed by atoms with Crippen LogP contribution in [0.4, 0.5) is 5.13 Å². The van der Waals surface area contributed by atoms with Crippen LogP contribution in [0, 0.1) is 0 Å².